The molecular weight excluding hydrogens is 216 g/mol. The van der Waals surface area contributed by atoms with E-state index in [2.05, 4.69) is 75.4 Å². The molecule has 0 aliphatic rings. The molecule has 0 unspecified atom stereocenters. The van der Waals surface area contributed by atoms with Crippen LogP contribution >= 0.6 is 0 Å². The Hall–Kier alpha value is -1.82. The van der Waals surface area contributed by atoms with Crippen LogP contribution in [-0.4, -0.2) is 0 Å². The second-order valence-electron chi connectivity index (χ2n) is 5.01. The van der Waals surface area contributed by atoms with Crippen LogP contribution in [0.3, 0.4) is 0 Å². The molecule has 2 aromatic carbocycles. The highest BCUT2D eigenvalue weighted by atomic mass is 14.1. The molecule has 0 amide bonds. The summed E-state index contributed by atoms with van der Waals surface area (Å²) in [4.78, 5) is 0. The quantitative estimate of drug-likeness (QED) is 0.628. The predicted molar refractivity (Wildman–Crippen MR) is 80.5 cm³/mol. The molecule has 0 spiro atoms. The van der Waals surface area contributed by atoms with Gasteiger partial charge in [0.15, 0.2) is 0 Å². The Morgan fingerprint density at radius 3 is 2.06 bits per heavy atom. The van der Waals surface area contributed by atoms with Crippen LogP contribution in [-0.2, 0) is 0 Å². The van der Waals surface area contributed by atoms with Crippen LogP contribution in [0.15, 0.2) is 54.6 Å². The molecule has 0 aliphatic heterocycles. The van der Waals surface area contributed by atoms with Gasteiger partial charge in [0.05, 0.1) is 0 Å². The van der Waals surface area contributed by atoms with Gasteiger partial charge in [0.25, 0.3) is 0 Å². The van der Waals surface area contributed by atoms with Gasteiger partial charge in [-0.3, -0.25) is 0 Å². The average molecular weight is 236 g/mol. The van der Waals surface area contributed by atoms with E-state index in [4.69, 9.17) is 0 Å². The zero-order valence-corrected chi connectivity index (χ0v) is 11.4. The van der Waals surface area contributed by atoms with Crippen molar-refractivity contribution < 1.29 is 0 Å². The highest BCUT2D eigenvalue weighted by molar-refractivity contribution is 5.80. The zero-order chi connectivity index (χ0) is 13.0. The van der Waals surface area contributed by atoms with Gasteiger partial charge in [0.2, 0.25) is 0 Å². The molecule has 0 heterocycles. The summed E-state index contributed by atoms with van der Waals surface area (Å²) in [6.45, 7) is 6.61. The topological polar surface area (TPSA) is 0 Å². The van der Waals surface area contributed by atoms with E-state index in [0.29, 0.717) is 5.92 Å². The third-order valence-corrected chi connectivity index (χ3v) is 3.22. The van der Waals surface area contributed by atoms with Gasteiger partial charge >= 0.3 is 0 Å². The molecule has 0 bridgehead atoms. The number of rotatable bonds is 3. The lowest BCUT2D eigenvalue weighted by Crippen LogP contribution is -1.87. The molecule has 0 aromatic heterocycles. The first-order valence-corrected chi connectivity index (χ1v) is 6.50. The van der Waals surface area contributed by atoms with E-state index in [1.807, 2.05) is 6.07 Å². The van der Waals surface area contributed by atoms with Crippen LogP contribution in [0.2, 0.25) is 0 Å². The Bertz CT molecular complexity index is 516. The summed E-state index contributed by atoms with van der Waals surface area (Å²) < 4.78 is 0. The monoisotopic (exact) mass is 236 g/mol. The SMILES string of the molecule is CC(=Cc1ccccc1)c1ccc(C(C)C)cc1. The van der Waals surface area contributed by atoms with Crippen molar-refractivity contribution in [3.05, 3.63) is 71.3 Å². The Morgan fingerprint density at radius 2 is 1.50 bits per heavy atom. The molecule has 92 valence electrons. The van der Waals surface area contributed by atoms with Crippen LogP contribution in [0.1, 0.15) is 43.4 Å². The highest BCUT2D eigenvalue weighted by Gasteiger charge is 2.00. The summed E-state index contributed by atoms with van der Waals surface area (Å²) in [6, 6.07) is 19.3. The summed E-state index contributed by atoms with van der Waals surface area (Å²) in [7, 11) is 0. The standard InChI is InChI=1S/C18H20/c1-14(2)17-9-11-18(12-10-17)15(3)13-16-7-5-4-6-8-16/h4-14H,1-3H3. The van der Waals surface area contributed by atoms with Gasteiger partial charge in [-0.05, 0) is 35.1 Å². The van der Waals surface area contributed by atoms with Crippen LogP contribution in [0, 0.1) is 0 Å². The van der Waals surface area contributed by atoms with Crippen molar-refractivity contribution in [2.45, 2.75) is 26.7 Å². The van der Waals surface area contributed by atoms with Gasteiger partial charge in [-0.1, -0.05) is 74.5 Å². The second kappa shape index (κ2) is 5.68. The van der Waals surface area contributed by atoms with E-state index in [1.165, 1.54) is 22.3 Å². The fourth-order valence-corrected chi connectivity index (χ4v) is 2.01. The summed E-state index contributed by atoms with van der Waals surface area (Å²) in [6.07, 6.45) is 2.23. The molecule has 0 saturated carbocycles. The van der Waals surface area contributed by atoms with Crippen LogP contribution in [0.25, 0.3) is 11.6 Å². The smallest absolute Gasteiger partial charge is 0.0219 e. The zero-order valence-electron chi connectivity index (χ0n) is 11.4. The average Bonchev–Trinajstić information content (AvgIpc) is 2.40. The predicted octanol–water partition coefficient (Wildman–Crippen LogP) is 5.37. The van der Waals surface area contributed by atoms with Crippen LogP contribution in [0.5, 0.6) is 0 Å². The Morgan fingerprint density at radius 1 is 0.889 bits per heavy atom. The maximum Gasteiger partial charge on any atom is -0.0219 e. The normalized spacial score (nSPS) is 11.9. The lowest BCUT2D eigenvalue weighted by molar-refractivity contribution is 0.866. The molecule has 18 heavy (non-hydrogen) atoms. The van der Waals surface area contributed by atoms with Crippen molar-refractivity contribution in [2.75, 3.05) is 0 Å². The fourth-order valence-electron chi connectivity index (χ4n) is 2.01. The van der Waals surface area contributed by atoms with E-state index < -0.39 is 0 Å². The van der Waals surface area contributed by atoms with Crippen molar-refractivity contribution in [1.29, 1.82) is 0 Å². The lowest BCUT2D eigenvalue weighted by atomic mass is 9.98. The molecule has 0 nitrogen and oxygen atoms in total. The molecule has 0 N–H and O–H groups in total. The summed E-state index contributed by atoms with van der Waals surface area (Å²) in [5, 5.41) is 0. The Kier molecular flexibility index (Phi) is 3.99. The molecular formula is C18H20. The van der Waals surface area contributed by atoms with Crippen LogP contribution in [0.4, 0.5) is 0 Å². The van der Waals surface area contributed by atoms with E-state index in [1.54, 1.807) is 0 Å². The van der Waals surface area contributed by atoms with Gasteiger partial charge in [-0.25, -0.2) is 0 Å². The van der Waals surface area contributed by atoms with Crippen molar-refractivity contribution in [3.8, 4) is 0 Å². The van der Waals surface area contributed by atoms with E-state index in [9.17, 15) is 0 Å². The third kappa shape index (κ3) is 3.10. The van der Waals surface area contributed by atoms with Crippen molar-refractivity contribution >= 4 is 11.6 Å². The molecule has 0 atom stereocenters. The minimum Gasteiger partial charge on any atom is -0.0622 e. The first kappa shape index (κ1) is 12.6. The minimum absolute atomic E-state index is 0.595. The van der Waals surface area contributed by atoms with Gasteiger partial charge in [-0.2, -0.15) is 0 Å². The number of hydrogen-bond acceptors (Lipinski definition) is 0. The maximum absolute atomic E-state index is 2.23. The lowest BCUT2D eigenvalue weighted by Gasteiger charge is -2.07. The van der Waals surface area contributed by atoms with Gasteiger partial charge in [0, 0.05) is 0 Å². The molecule has 0 saturated heterocycles. The van der Waals surface area contributed by atoms with Crippen LogP contribution < -0.4 is 0 Å². The highest BCUT2D eigenvalue weighted by Crippen LogP contribution is 2.21. The first-order chi connectivity index (χ1) is 8.66. The molecule has 0 heteroatoms. The third-order valence-electron chi connectivity index (χ3n) is 3.22. The van der Waals surface area contributed by atoms with Crippen molar-refractivity contribution in [3.63, 3.8) is 0 Å². The molecule has 0 aliphatic carbocycles. The summed E-state index contributed by atoms with van der Waals surface area (Å²) in [5.74, 6) is 0.595. The maximum atomic E-state index is 2.23. The molecule has 2 aromatic rings. The number of hydrogen-bond donors (Lipinski definition) is 0. The van der Waals surface area contributed by atoms with Crippen molar-refractivity contribution in [1.82, 2.24) is 0 Å². The van der Waals surface area contributed by atoms with E-state index >= 15 is 0 Å². The number of allylic oxidation sites excluding steroid dienone is 1. The second-order valence-corrected chi connectivity index (χ2v) is 5.01. The van der Waals surface area contributed by atoms with Gasteiger partial charge in [0.1, 0.15) is 0 Å². The molecule has 2 rings (SSSR count). The number of benzene rings is 2. The van der Waals surface area contributed by atoms with Gasteiger partial charge in [-0.15, -0.1) is 0 Å². The van der Waals surface area contributed by atoms with E-state index in [-0.39, 0.29) is 0 Å². The minimum atomic E-state index is 0.595. The Balaban J connectivity index is 2.24. The fraction of sp³-hybridized carbons (Fsp3) is 0.222. The van der Waals surface area contributed by atoms with Crippen molar-refractivity contribution in [2.24, 2.45) is 0 Å². The largest absolute Gasteiger partial charge is 0.0622 e. The first-order valence-electron chi connectivity index (χ1n) is 6.50. The van der Waals surface area contributed by atoms with Gasteiger partial charge < -0.3 is 0 Å². The summed E-state index contributed by atoms with van der Waals surface area (Å²) >= 11 is 0. The molecule has 0 fully saturated rings. The van der Waals surface area contributed by atoms with E-state index in [0.717, 1.165) is 0 Å². The Labute approximate surface area is 110 Å². The molecule has 0 radical (unpaired) electrons. The summed E-state index contributed by atoms with van der Waals surface area (Å²) in [5.41, 5.74) is 5.24.